The van der Waals surface area contributed by atoms with E-state index in [4.69, 9.17) is 21.2 Å². The Morgan fingerprint density at radius 1 is 1.43 bits per heavy atom. The van der Waals surface area contributed by atoms with Crippen LogP contribution in [0.15, 0.2) is 0 Å². The Bertz CT molecular complexity index is 179. The van der Waals surface area contributed by atoms with E-state index in [9.17, 15) is 4.79 Å². The number of hydrogen-bond acceptors (Lipinski definition) is 3. The van der Waals surface area contributed by atoms with Gasteiger partial charge in [-0.25, -0.2) is 4.79 Å². The fourth-order valence-electron chi connectivity index (χ4n) is 0.635. The zero-order valence-corrected chi connectivity index (χ0v) is 9.93. The van der Waals surface area contributed by atoms with E-state index in [2.05, 4.69) is 0 Å². The molecule has 0 rings (SSSR count). The highest BCUT2D eigenvalue weighted by molar-refractivity contribution is 6.17. The van der Waals surface area contributed by atoms with E-state index in [1.54, 1.807) is 20.8 Å². The number of alkyl halides is 1. The Hall–Kier alpha value is -0.480. The van der Waals surface area contributed by atoms with Crippen molar-refractivity contribution in [2.75, 3.05) is 19.5 Å². The molecule has 0 bridgehead atoms. The van der Waals surface area contributed by atoms with Crippen molar-refractivity contribution in [2.45, 2.75) is 32.8 Å². The number of hydrogen-bond donors (Lipinski definition) is 0. The molecule has 14 heavy (non-hydrogen) atoms. The molecule has 0 heterocycles. The normalized spacial score (nSPS) is 11.2. The summed E-state index contributed by atoms with van der Waals surface area (Å²) in [5.74, 6) is 0.516. The van der Waals surface area contributed by atoms with Crippen molar-refractivity contribution in [3.05, 3.63) is 0 Å². The average Bonchev–Trinajstić information content (AvgIpc) is 2.01. The molecule has 0 unspecified atom stereocenters. The number of hydroxylamine groups is 2. The molecule has 0 saturated carbocycles. The van der Waals surface area contributed by atoms with Crippen LogP contribution in [0.2, 0.25) is 0 Å². The predicted octanol–water partition coefficient (Wildman–Crippen LogP) is 2.41. The van der Waals surface area contributed by atoms with Crippen LogP contribution in [0.1, 0.15) is 27.2 Å². The Morgan fingerprint density at radius 2 is 2.00 bits per heavy atom. The number of nitrogens with zero attached hydrogens (tertiary/aromatic N) is 1. The van der Waals surface area contributed by atoms with Gasteiger partial charge in [0.05, 0.1) is 6.61 Å². The van der Waals surface area contributed by atoms with Gasteiger partial charge in [0, 0.05) is 12.9 Å². The molecular formula is C9H18ClNO3. The second-order valence-electron chi connectivity index (χ2n) is 3.85. The standard InChI is InChI=1S/C9H18ClNO3/c1-9(2,3)14-8(12)11(4)13-7-5-6-10/h5-7H2,1-4H3. The Labute approximate surface area is 90.1 Å². The van der Waals surface area contributed by atoms with E-state index in [1.165, 1.54) is 7.05 Å². The van der Waals surface area contributed by atoms with Gasteiger partial charge >= 0.3 is 6.09 Å². The highest BCUT2D eigenvalue weighted by Crippen LogP contribution is 2.09. The summed E-state index contributed by atoms with van der Waals surface area (Å²) in [6.07, 6.45) is 0.210. The Morgan fingerprint density at radius 3 is 2.43 bits per heavy atom. The molecule has 0 aromatic heterocycles. The fraction of sp³-hybridized carbons (Fsp3) is 0.889. The van der Waals surface area contributed by atoms with Crippen LogP contribution in [0.25, 0.3) is 0 Å². The molecular weight excluding hydrogens is 206 g/mol. The van der Waals surface area contributed by atoms with E-state index in [1.807, 2.05) is 0 Å². The molecule has 0 spiro atoms. The molecule has 4 nitrogen and oxygen atoms in total. The molecule has 0 N–H and O–H groups in total. The van der Waals surface area contributed by atoms with Crippen LogP contribution in [-0.4, -0.2) is 36.3 Å². The summed E-state index contributed by atoms with van der Waals surface area (Å²) in [5.41, 5.74) is -0.499. The van der Waals surface area contributed by atoms with Crippen molar-refractivity contribution in [1.82, 2.24) is 5.06 Å². The molecule has 0 saturated heterocycles. The van der Waals surface area contributed by atoms with Crippen molar-refractivity contribution in [3.63, 3.8) is 0 Å². The number of halogens is 1. The Kier molecular flexibility index (Phi) is 5.88. The van der Waals surface area contributed by atoms with Crippen LogP contribution < -0.4 is 0 Å². The van der Waals surface area contributed by atoms with E-state index < -0.39 is 11.7 Å². The van der Waals surface area contributed by atoms with Crippen LogP contribution >= 0.6 is 11.6 Å². The van der Waals surface area contributed by atoms with Crippen molar-refractivity contribution >= 4 is 17.7 Å². The van der Waals surface area contributed by atoms with Crippen LogP contribution in [0.4, 0.5) is 4.79 Å². The van der Waals surface area contributed by atoms with Gasteiger partial charge in [-0.1, -0.05) is 0 Å². The molecule has 5 heteroatoms. The molecule has 84 valence electrons. The van der Waals surface area contributed by atoms with Crippen LogP contribution in [0.3, 0.4) is 0 Å². The second kappa shape index (κ2) is 6.09. The third kappa shape index (κ3) is 6.97. The lowest BCUT2D eigenvalue weighted by Crippen LogP contribution is -2.34. The van der Waals surface area contributed by atoms with Crippen molar-refractivity contribution in [1.29, 1.82) is 0 Å². The van der Waals surface area contributed by atoms with Crippen molar-refractivity contribution in [3.8, 4) is 0 Å². The second-order valence-corrected chi connectivity index (χ2v) is 4.23. The van der Waals surface area contributed by atoms with E-state index in [0.717, 1.165) is 5.06 Å². The smallest absolute Gasteiger partial charge is 0.434 e. The topological polar surface area (TPSA) is 38.8 Å². The first-order valence-electron chi connectivity index (χ1n) is 4.52. The van der Waals surface area contributed by atoms with Gasteiger partial charge in [-0.2, -0.15) is 5.06 Å². The summed E-state index contributed by atoms with van der Waals surface area (Å²) in [6.45, 7) is 5.83. The third-order valence-corrected chi connectivity index (χ3v) is 1.48. The van der Waals surface area contributed by atoms with Crippen molar-refractivity contribution in [2.24, 2.45) is 0 Å². The zero-order valence-electron chi connectivity index (χ0n) is 9.17. The highest BCUT2D eigenvalue weighted by atomic mass is 35.5. The maximum absolute atomic E-state index is 11.3. The first-order chi connectivity index (χ1) is 6.37. The quantitative estimate of drug-likeness (QED) is 0.417. The largest absolute Gasteiger partial charge is 0.442 e. The Balaban J connectivity index is 3.77. The fourth-order valence-corrected chi connectivity index (χ4v) is 0.744. The van der Waals surface area contributed by atoms with E-state index in [-0.39, 0.29) is 0 Å². The summed E-state index contributed by atoms with van der Waals surface area (Å²) >= 11 is 5.46. The van der Waals surface area contributed by atoms with Crippen molar-refractivity contribution < 1.29 is 14.4 Å². The highest BCUT2D eigenvalue weighted by Gasteiger charge is 2.19. The van der Waals surface area contributed by atoms with Gasteiger partial charge in [0.1, 0.15) is 5.60 Å². The molecule has 0 radical (unpaired) electrons. The number of rotatable bonds is 4. The molecule has 0 fully saturated rings. The van der Waals surface area contributed by atoms with Gasteiger partial charge in [-0.3, -0.25) is 4.84 Å². The summed E-state index contributed by atoms with van der Waals surface area (Å²) in [6, 6.07) is 0. The third-order valence-electron chi connectivity index (χ3n) is 1.21. The van der Waals surface area contributed by atoms with Gasteiger partial charge in [0.15, 0.2) is 0 Å². The molecule has 0 aliphatic heterocycles. The first kappa shape index (κ1) is 13.5. The first-order valence-corrected chi connectivity index (χ1v) is 5.06. The SMILES string of the molecule is CN(OCCCCl)C(=O)OC(C)(C)C. The van der Waals surface area contributed by atoms with Gasteiger partial charge in [-0.05, 0) is 27.2 Å². The lowest BCUT2D eigenvalue weighted by Gasteiger charge is -2.23. The van der Waals surface area contributed by atoms with Gasteiger partial charge in [0.2, 0.25) is 0 Å². The molecule has 0 atom stereocenters. The zero-order chi connectivity index (χ0) is 11.2. The summed E-state index contributed by atoms with van der Waals surface area (Å²) in [5, 5.41) is 1.08. The summed E-state index contributed by atoms with van der Waals surface area (Å²) in [7, 11) is 1.52. The van der Waals surface area contributed by atoms with E-state index >= 15 is 0 Å². The van der Waals surface area contributed by atoms with Gasteiger partial charge in [0.25, 0.3) is 0 Å². The molecule has 0 aliphatic rings. The molecule has 0 aromatic rings. The minimum Gasteiger partial charge on any atom is -0.442 e. The number of carbonyl (C=O) groups excluding carboxylic acids is 1. The minimum atomic E-state index is -0.499. The average molecular weight is 224 g/mol. The number of carbonyl (C=O) groups is 1. The van der Waals surface area contributed by atoms with Crippen LogP contribution in [0.5, 0.6) is 0 Å². The summed E-state index contributed by atoms with van der Waals surface area (Å²) < 4.78 is 5.06. The number of ether oxygens (including phenoxy) is 1. The predicted molar refractivity (Wildman–Crippen MR) is 55.3 cm³/mol. The lowest BCUT2D eigenvalue weighted by molar-refractivity contribution is -0.130. The monoisotopic (exact) mass is 223 g/mol. The maximum atomic E-state index is 11.3. The number of amides is 1. The van der Waals surface area contributed by atoms with Gasteiger partial charge < -0.3 is 4.74 Å². The van der Waals surface area contributed by atoms with E-state index in [0.29, 0.717) is 18.9 Å². The minimum absolute atomic E-state index is 0.416. The van der Waals surface area contributed by atoms with Crippen LogP contribution in [-0.2, 0) is 9.57 Å². The van der Waals surface area contributed by atoms with Gasteiger partial charge in [-0.15, -0.1) is 11.6 Å². The molecule has 1 amide bonds. The summed E-state index contributed by atoms with van der Waals surface area (Å²) in [4.78, 5) is 16.4. The van der Waals surface area contributed by atoms with Crippen LogP contribution in [0, 0.1) is 0 Å². The lowest BCUT2D eigenvalue weighted by atomic mass is 10.2. The molecule has 0 aliphatic carbocycles. The maximum Gasteiger partial charge on any atom is 0.434 e. The molecule has 0 aromatic carbocycles.